The van der Waals surface area contributed by atoms with Crippen LogP contribution in [0.4, 0.5) is 0 Å². The van der Waals surface area contributed by atoms with Crippen molar-refractivity contribution in [1.29, 1.82) is 0 Å². The second-order valence-electron chi connectivity index (χ2n) is 4.98. The summed E-state index contributed by atoms with van der Waals surface area (Å²) >= 11 is 0. The van der Waals surface area contributed by atoms with Crippen LogP contribution < -0.4 is 0 Å². The van der Waals surface area contributed by atoms with Gasteiger partial charge in [-0.1, -0.05) is 13.3 Å². The van der Waals surface area contributed by atoms with E-state index < -0.39 is 5.97 Å². The van der Waals surface area contributed by atoms with E-state index in [0.29, 0.717) is 12.1 Å². The molecule has 0 aromatic carbocycles. The standard InChI is InChI=1S/C12H21NO2/c1-2-3-6-13-10-4-5-11(13)8-9(7-10)12(14)15/h9-11H,2-8H2,1H3,(H,14,15). The van der Waals surface area contributed by atoms with Crippen LogP contribution in [0.3, 0.4) is 0 Å². The third kappa shape index (κ3) is 2.17. The molecule has 3 nitrogen and oxygen atoms in total. The van der Waals surface area contributed by atoms with Crippen molar-refractivity contribution < 1.29 is 9.90 Å². The van der Waals surface area contributed by atoms with Crippen LogP contribution in [0.5, 0.6) is 0 Å². The van der Waals surface area contributed by atoms with Crippen molar-refractivity contribution in [2.75, 3.05) is 6.54 Å². The number of aliphatic carboxylic acids is 1. The largest absolute Gasteiger partial charge is 0.481 e. The molecule has 2 atom stereocenters. The number of unbranched alkanes of at least 4 members (excludes halogenated alkanes) is 1. The molecule has 0 aromatic heterocycles. The first-order valence-electron chi connectivity index (χ1n) is 6.21. The lowest BCUT2D eigenvalue weighted by molar-refractivity contribution is -0.144. The number of fused-ring (bicyclic) bond motifs is 2. The maximum absolute atomic E-state index is 11.0. The summed E-state index contributed by atoms with van der Waals surface area (Å²) in [4.78, 5) is 13.5. The van der Waals surface area contributed by atoms with Crippen LogP contribution in [0.15, 0.2) is 0 Å². The Labute approximate surface area is 91.5 Å². The number of piperidine rings is 1. The molecule has 2 rings (SSSR count). The predicted molar refractivity (Wildman–Crippen MR) is 58.8 cm³/mol. The first-order chi connectivity index (χ1) is 7.22. The number of carbonyl (C=O) groups is 1. The minimum absolute atomic E-state index is 0.0691. The Morgan fingerprint density at radius 3 is 2.40 bits per heavy atom. The van der Waals surface area contributed by atoms with E-state index in [4.69, 9.17) is 5.11 Å². The van der Waals surface area contributed by atoms with E-state index in [1.54, 1.807) is 0 Å². The lowest BCUT2D eigenvalue weighted by Crippen LogP contribution is -2.44. The summed E-state index contributed by atoms with van der Waals surface area (Å²) < 4.78 is 0. The minimum Gasteiger partial charge on any atom is -0.481 e. The smallest absolute Gasteiger partial charge is 0.306 e. The molecule has 0 aromatic rings. The second kappa shape index (κ2) is 4.52. The molecule has 1 N–H and O–H groups in total. The average molecular weight is 211 g/mol. The summed E-state index contributed by atoms with van der Waals surface area (Å²) in [5.41, 5.74) is 0. The Hall–Kier alpha value is -0.570. The SMILES string of the molecule is CCCCN1C2CCC1CC(C(=O)O)C2. The Balaban J connectivity index is 1.94. The molecular formula is C12H21NO2. The van der Waals surface area contributed by atoms with E-state index in [1.165, 1.54) is 32.2 Å². The van der Waals surface area contributed by atoms with Gasteiger partial charge in [0, 0.05) is 12.1 Å². The van der Waals surface area contributed by atoms with Crippen LogP contribution in [0.1, 0.15) is 45.4 Å². The zero-order valence-electron chi connectivity index (χ0n) is 9.48. The maximum atomic E-state index is 11.0. The van der Waals surface area contributed by atoms with Crippen LogP contribution in [0.25, 0.3) is 0 Å². The number of carboxylic acids is 1. The number of nitrogens with zero attached hydrogens (tertiary/aromatic N) is 1. The number of carboxylic acid groups (broad SMARTS) is 1. The summed E-state index contributed by atoms with van der Waals surface area (Å²) in [7, 11) is 0. The van der Waals surface area contributed by atoms with E-state index >= 15 is 0 Å². The number of hydrogen-bond donors (Lipinski definition) is 1. The van der Waals surface area contributed by atoms with Crippen molar-refractivity contribution in [3.05, 3.63) is 0 Å². The Bertz CT molecular complexity index is 228. The lowest BCUT2D eigenvalue weighted by Gasteiger charge is -2.37. The molecule has 2 fully saturated rings. The number of rotatable bonds is 4. The first-order valence-corrected chi connectivity index (χ1v) is 6.21. The van der Waals surface area contributed by atoms with Crippen molar-refractivity contribution in [2.24, 2.45) is 5.92 Å². The van der Waals surface area contributed by atoms with Crippen LogP contribution in [0.2, 0.25) is 0 Å². The molecular weight excluding hydrogens is 190 g/mol. The topological polar surface area (TPSA) is 40.5 Å². The third-order valence-corrected chi connectivity index (χ3v) is 4.00. The van der Waals surface area contributed by atoms with Crippen LogP contribution >= 0.6 is 0 Å². The fourth-order valence-electron chi connectivity index (χ4n) is 3.18. The Kier molecular flexibility index (Phi) is 3.29. The fourth-order valence-corrected chi connectivity index (χ4v) is 3.18. The van der Waals surface area contributed by atoms with Gasteiger partial charge in [-0.05, 0) is 38.6 Å². The summed E-state index contributed by atoms with van der Waals surface area (Å²) in [5, 5.41) is 9.05. The first kappa shape index (κ1) is 10.9. The van der Waals surface area contributed by atoms with Gasteiger partial charge in [-0.25, -0.2) is 0 Å². The molecule has 2 saturated heterocycles. The maximum Gasteiger partial charge on any atom is 0.306 e. The second-order valence-corrected chi connectivity index (χ2v) is 4.98. The molecule has 2 bridgehead atoms. The highest BCUT2D eigenvalue weighted by atomic mass is 16.4. The van der Waals surface area contributed by atoms with Crippen LogP contribution in [0, 0.1) is 5.92 Å². The normalized spacial score (nSPS) is 35.7. The van der Waals surface area contributed by atoms with Crippen LogP contribution in [-0.4, -0.2) is 34.6 Å². The van der Waals surface area contributed by atoms with Gasteiger partial charge in [0.15, 0.2) is 0 Å². The van der Waals surface area contributed by atoms with E-state index in [9.17, 15) is 4.79 Å². The van der Waals surface area contributed by atoms with Crippen molar-refractivity contribution >= 4 is 5.97 Å². The van der Waals surface area contributed by atoms with Crippen molar-refractivity contribution in [3.8, 4) is 0 Å². The van der Waals surface area contributed by atoms with Crippen molar-refractivity contribution in [2.45, 2.75) is 57.5 Å². The van der Waals surface area contributed by atoms with E-state index in [-0.39, 0.29) is 5.92 Å². The van der Waals surface area contributed by atoms with Crippen molar-refractivity contribution in [3.63, 3.8) is 0 Å². The highest BCUT2D eigenvalue weighted by Gasteiger charge is 2.42. The van der Waals surface area contributed by atoms with E-state index in [0.717, 1.165) is 12.8 Å². The predicted octanol–water partition coefficient (Wildman–Crippen LogP) is 2.11. The molecule has 2 aliphatic rings. The van der Waals surface area contributed by atoms with Crippen LogP contribution in [-0.2, 0) is 4.79 Å². The molecule has 2 aliphatic heterocycles. The zero-order chi connectivity index (χ0) is 10.8. The lowest BCUT2D eigenvalue weighted by atomic mass is 9.90. The molecule has 3 heteroatoms. The summed E-state index contributed by atoms with van der Waals surface area (Å²) in [5.74, 6) is -0.651. The molecule has 0 spiro atoms. The van der Waals surface area contributed by atoms with Gasteiger partial charge in [-0.2, -0.15) is 0 Å². The summed E-state index contributed by atoms with van der Waals surface area (Å²) in [6, 6.07) is 1.13. The Morgan fingerprint density at radius 2 is 1.93 bits per heavy atom. The highest BCUT2D eigenvalue weighted by molar-refractivity contribution is 5.70. The average Bonchev–Trinajstić information content (AvgIpc) is 2.47. The monoisotopic (exact) mass is 211 g/mol. The summed E-state index contributed by atoms with van der Waals surface area (Å²) in [6.45, 7) is 3.39. The molecule has 0 aliphatic carbocycles. The molecule has 15 heavy (non-hydrogen) atoms. The van der Waals surface area contributed by atoms with Crippen molar-refractivity contribution in [1.82, 2.24) is 4.90 Å². The van der Waals surface area contributed by atoms with Gasteiger partial charge < -0.3 is 5.11 Å². The van der Waals surface area contributed by atoms with Gasteiger partial charge >= 0.3 is 5.97 Å². The number of hydrogen-bond acceptors (Lipinski definition) is 2. The molecule has 86 valence electrons. The van der Waals surface area contributed by atoms with E-state index in [2.05, 4.69) is 11.8 Å². The quantitative estimate of drug-likeness (QED) is 0.774. The molecule has 0 saturated carbocycles. The molecule has 2 unspecified atom stereocenters. The summed E-state index contributed by atoms with van der Waals surface area (Å²) in [6.07, 6.45) is 6.70. The van der Waals surface area contributed by atoms with Gasteiger partial charge in [-0.3, -0.25) is 9.69 Å². The zero-order valence-corrected chi connectivity index (χ0v) is 9.48. The Morgan fingerprint density at radius 1 is 1.33 bits per heavy atom. The molecule has 0 radical (unpaired) electrons. The molecule has 0 amide bonds. The van der Waals surface area contributed by atoms with Gasteiger partial charge in [0.2, 0.25) is 0 Å². The van der Waals surface area contributed by atoms with Gasteiger partial charge in [-0.15, -0.1) is 0 Å². The fraction of sp³-hybridized carbons (Fsp3) is 0.917. The minimum atomic E-state index is -0.581. The van der Waals surface area contributed by atoms with Gasteiger partial charge in [0.05, 0.1) is 5.92 Å². The highest BCUT2D eigenvalue weighted by Crippen LogP contribution is 2.38. The van der Waals surface area contributed by atoms with Gasteiger partial charge in [0.1, 0.15) is 0 Å². The van der Waals surface area contributed by atoms with E-state index in [1.807, 2.05) is 0 Å². The molecule has 2 heterocycles. The van der Waals surface area contributed by atoms with Gasteiger partial charge in [0.25, 0.3) is 0 Å². The third-order valence-electron chi connectivity index (χ3n) is 4.00.